The van der Waals surface area contributed by atoms with Gasteiger partial charge in [0.1, 0.15) is 5.75 Å². The Hall–Kier alpha value is -1.96. The van der Waals surface area contributed by atoms with Crippen molar-refractivity contribution in [3.8, 4) is 5.75 Å². The van der Waals surface area contributed by atoms with Crippen molar-refractivity contribution in [2.45, 2.75) is 19.8 Å². The van der Waals surface area contributed by atoms with E-state index in [2.05, 4.69) is 36.5 Å². The number of ether oxygens (including phenoxy) is 1. The van der Waals surface area contributed by atoms with E-state index in [1.807, 2.05) is 24.3 Å². The van der Waals surface area contributed by atoms with E-state index < -0.39 is 0 Å². The molecule has 0 aliphatic heterocycles. The Balaban J connectivity index is 1.83. The van der Waals surface area contributed by atoms with Crippen LogP contribution in [-0.4, -0.2) is 13.7 Å². The van der Waals surface area contributed by atoms with E-state index in [4.69, 9.17) is 4.74 Å². The van der Waals surface area contributed by atoms with Crippen LogP contribution < -0.4 is 10.1 Å². The molecule has 0 bridgehead atoms. The standard InChI is InChI=1S/C17H21NO/c1-14-8-3-4-9-15(14)10-7-13-18-16-11-5-6-12-17(16)19-2/h3-6,8-9,11-12,18H,7,10,13H2,1-2H3. The van der Waals surface area contributed by atoms with Gasteiger partial charge in [0.2, 0.25) is 0 Å². The van der Waals surface area contributed by atoms with Crippen molar-refractivity contribution < 1.29 is 4.74 Å². The van der Waals surface area contributed by atoms with Gasteiger partial charge in [-0.1, -0.05) is 36.4 Å². The van der Waals surface area contributed by atoms with Crippen LogP contribution in [0, 0.1) is 6.92 Å². The van der Waals surface area contributed by atoms with E-state index in [9.17, 15) is 0 Å². The number of benzene rings is 2. The molecule has 0 spiro atoms. The maximum Gasteiger partial charge on any atom is 0.141 e. The average molecular weight is 255 g/mol. The number of aryl methyl sites for hydroxylation is 2. The first kappa shape index (κ1) is 13.5. The van der Waals surface area contributed by atoms with Gasteiger partial charge < -0.3 is 10.1 Å². The summed E-state index contributed by atoms with van der Waals surface area (Å²) < 4.78 is 5.32. The number of para-hydroxylation sites is 2. The fourth-order valence-electron chi connectivity index (χ4n) is 2.18. The van der Waals surface area contributed by atoms with Gasteiger partial charge in [0.05, 0.1) is 12.8 Å². The van der Waals surface area contributed by atoms with Crippen LogP contribution in [0.2, 0.25) is 0 Å². The smallest absolute Gasteiger partial charge is 0.141 e. The summed E-state index contributed by atoms with van der Waals surface area (Å²) in [6.45, 7) is 3.12. The van der Waals surface area contributed by atoms with Crippen LogP contribution in [0.4, 0.5) is 5.69 Å². The normalized spacial score (nSPS) is 10.2. The zero-order valence-corrected chi connectivity index (χ0v) is 11.6. The summed E-state index contributed by atoms with van der Waals surface area (Å²) in [5.74, 6) is 0.901. The van der Waals surface area contributed by atoms with E-state index in [1.165, 1.54) is 11.1 Å². The molecule has 0 atom stereocenters. The largest absolute Gasteiger partial charge is 0.495 e. The van der Waals surface area contributed by atoms with Crippen LogP contribution >= 0.6 is 0 Å². The van der Waals surface area contributed by atoms with Gasteiger partial charge in [0.15, 0.2) is 0 Å². The lowest BCUT2D eigenvalue weighted by molar-refractivity contribution is 0.416. The number of rotatable bonds is 6. The molecule has 0 unspecified atom stereocenters. The van der Waals surface area contributed by atoms with E-state index in [0.717, 1.165) is 30.8 Å². The predicted molar refractivity (Wildman–Crippen MR) is 81.0 cm³/mol. The third-order valence-corrected chi connectivity index (χ3v) is 3.31. The second-order valence-corrected chi connectivity index (χ2v) is 4.66. The molecule has 0 aliphatic carbocycles. The highest BCUT2D eigenvalue weighted by molar-refractivity contribution is 5.56. The lowest BCUT2D eigenvalue weighted by atomic mass is 10.0. The lowest BCUT2D eigenvalue weighted by Gasteiger charge is -2.11. The molecule has 2 nitrogen and oxygen atoms in total. The Bertz CT molecular complexity index is 522. The SMILES string of the molecule is COc1ccccc1NCCCc1ccccc1C. The minimum absolute atomic E-state index is 0.901. The van der Waals surface area contributed by atoms with E-state index in [1.54, 1.807) is 7.11 Å². The fraction of sp³-hybridized carbons (Fsp3) is 0.294. The molecule has 2 aromatic carbocycles. The van der Waals surface area contributed by atoms with E-state index in [-0.39, 0.29) is 0 Å². The Kier molecular flexibility index (Phi) is 4.85. The number of hydrogen-bond acceptors (Lipinski definition) is 2. The quantitative estimate of drug-likeness (QED) is 0.786. The lowest BCUT2D eigenvalue weighted by Crippen LogP contribution is -2.04. The average Bonchev–Trinajstić information content (AvgIpc) is 2.45. The third-order valence-electron chi connectivity index (χ3n) is 3.31. The molecule has 0 aliphatic rings. The van der Waals surface area contributed by atoms with Gasteiger partial charge in [-0.3, -0.25) is 0 Å². The molecule has 2 heteroatoms. The van der Waals surface area contributed by atoms with Crippen molar-refractivity contribution in [2.75, 3.05) is 19.0 Å². The molecule has 1 N–H and O–H groups in total. The molecular formula is C17H21NO. The molecule has 0 radical (unpaired) electrons. The summed E-state index contributed by atoms with van der Waals surface area (Å²) in [5.41, 5.74) is 3.87. The van der Waals surface area contributed by atoms with Crippen LogP contribution in [0.1, 0.15) is 17.5 Å². The second-order valence-electron chi connectivity index (χ2n) is 4.66. The van der Waals surface area contributed by atoms with Crippen molar-refractivity contribution in [3.05, 3.63) is 59.7 Å². The topological polar surface area (TPSA) is 21.3 Å². The molecule has 19 heavy (non-hydrogen) atoms. The Morgan fingerprint density at radius 1 is 1.00 bits per heavy atom. The number of anilines is 1. The zero-order chi connectivity index (χ0) is 13.5. The van der Waals surface area contributed by atoms with Crippen LogP contribution in [0.5, 0.6) is 5.75 Å². The number of hydrogen-bond donors (Lipinski definition) is 1. The van der Waals surface area contributed by atoms with E-state index in [0.29, 0.717) is 0 Å². The summed E-state index contributed by atoms with van der Waals surface area (Å²) in [6.07, 6.45) is 2.22. The molecule has 2 aromatic rings. The summed E-state index contributed by atoms with van der Waals surface area (Å²) >= 11 is 0. The first-order valence-electron chi connectivity index (χ1n) is 6.72. The monoisotopic (exact) mass is 255 g/mol. The molecular weight excluding hydrogens is 234 g/mol. The van der Waals surface area contributed by atoms with Crippen molar-refractivity contribution in [3.63, 3.8) is 0 Å². The van der Waals surface area contributed by atoms with Crippen LogP contribution in [0.3, 0.4) is 0 Å². The highest BCUT2D eigenvalue weighted by Gasteiger charge is 2.01. The fourth-order valence-corrected chi connectivity index (χ4v) is 2.18. The zero-order valence-electron chi connectivity index (χ0n) is 11.6. The molecule has 0 heterocycles. The first-order chi connectivity index (χ1) is 9.31. The maximum atomic E-state index is 5.32. The molecule has 0 saturated carbocycles. The second kappa shape index (κ2) is 6.83. The van der Waals surface area contributed by atoms with Crippen LogP contribution in [-0.2, 0) is 6.42 Å². The predicted octanol–water partition coefficient (Wildman–Crippen LogP) is 4.05. The van der Waals surface area contributed by atoms with Gasteiger partial charge in [0.25, 0.3) is 0 Å². The van der Waals surface area contributed by atoms with Crippen LogP contribution in [0.25, 0.3) is 0 Å². The molecule has 100 valence electrons. The Morgan fingerprint density at radius 3 is 2.53 bits per heavy atom. The summed E-state index contributed by atoms with van der Waals surface area (Å²) in [4.78, 5) is 0. The summed E-state index contributed by atoms with van der Waals surface area (Å²) in [6, 6.07) is 16.6. The minimum Gasteiger partial charge on any atom is -0.495 e. The molecule has 0 fully saturated rings. The highest BCUT2D eigenvalue weighted by Crippen LogP contribution is 2.22. The maximum absolute atomic E-state index is 5.32. The van der Waals surface area contributed by atoms with Crippen molar-refractivity contribution in [1.29, 1.82) is 0 Å². The molecule has 0 amide bonds. The number of nitrogens with one attached hydrogen (secondary N) is 1. The van der Waals surface area contributed by atoms with Gasteiger partial charge >= 0.3 is 0 Å². The summed E-state index contributed by atoms with van der Waals surface area (Å²) in [7, 11) is 1.70. The van der Waals surface area contributed by atoms with Crippen molar-refractivity contribution in [2.24, 2.45) is 0 Å². The molecule has 0 aromatic heterocycles. The van der Waals surface area contributed by atoms with Gasteiger partial charge in [0, 0.05) is 6.54 Å². The van der Waals surface area contributed by atoms with Gasteiger partial charge in [-0.2, -0.15) is 0 Å². The van der Waals surface area contributed by atoms with E-state index >= 15 is 0 Å². The first-order valence-corrected chi connectivity index (χ1v) is 6.72. The molecule has 2 rings (SSSR count). The van der Waals surface area contributed by atoms with Gasteiger partial charge in [-0.15, -0.1) is 0 Å². The molecule has 0 saturated heterocycles. The number of methoxy groups -OCH3 is 1. The van der Waals surface area contributed by atoms with Gasteiger partial charge in [-0.25, -0.2) is 0 Å². The minimum atomic E-state index is 0.901. The highest BCUT2D eigenvalue weighted by atomic mass is 16.5. The van der Waals surface area contributed by atoms with Crippen molar-refractivity contribution in [1.82, 2.24) is 0 Å². The third kappa shape index (κ3) is 3.75. The summed E-state index contributed by atoms with van der Waals surface area (Å²) in [5, 5.41) is 3.43. The van der Waals surface area contributed by atoms with Crippen LogP contribution in [0.15, 0.2) is 48.5 Å². The Labute approximate surface area is 115 Å². The van der Waals surface area contributed by atoms with Gasteiger partial charge in [-0.05, 0) is 43.0 Å². The van der Waals surface area contributed by atoms with Crippen molar-refractivity contribution >= 4 is 5.69 Å². The Morgan fingerprint density at radius 2 is 1.74 bits per heavy atom.